The van der Waals surface area contributed by atoms with Crippen molar-refractivity contribution in [1.29, 1.82) is 0 Å². The van der Waals surface area contributed by atoms with Crippen LogP contribution in [0.1, 0.15) is 32.6 Å². The zero-order valence-electron chi connectivity index (χ0n) is 9.46. The van der Waals surface area contributed by atoms with Crippen molar-refractivity contribution in [3.63, 3.8) is 0 Å². The van der Waals surface area contributed by atoms with Crippen molar-refractivity contribution in [3.05, 3.63) is 0 Å². The van der Waals surface area contributed by atoms with Crippen LogP contribution >= 0.6 is 0 Å². The van der Waals surface area contributed by atoms with Crippen molar-refractivity contribution >= 4 is 5.91 Å². The molecule has 3 N–H and O–H groups in total. The number of nitrogens with one attached hydrogen (secondary N) is 2. The van der Waals surface area contributed by atoms with Crippen LogP contribution in [0.2, 0.25) is 0 Å². The molecule has 4 heteroatoms. The van der Waals surface area contributed by atoms with E-state index in [1.165, 1.54) is 0 Å². The van der Waals surface area contributed by atoms with Crippen LogP contribution < -0.4 is 10.6 Å². The van der Waals surface area contributed by atoms with Crippen LogP contribution in [0, 0.1) is 5.92 Å². The minimum Gasteiger partial charge on any atom is -0.396 e. The Hall–Kier alpha value is -0.610. The highest BCUT2D eigenvalue weighted by Crippen LogP contribution is 2.07. The summed E-state index contributed by atoms with van der Waals surface area (Å²) >= 11 is 0. The molecule has 0 aromatic heterocycles. The standard InChI is InChI=1S/C11H22N2O2/c1-2-9(5-7-14)8-13-11(15)10-4-3-6-12-10/h9-10,12,14H,2-8H2,1H3,(H,13,15)/t9?,10-/m1/s1. The largest absolute Gasteiger partial charge is 0.396 e. The highest BCUT2D eigenvalue weighted by atomic mass is 16.3. The third-order valence-electron chi connectivity index (χ3n) is 3.06. The molecule has 1 heterocycles. The van der Waals surface area contributed by atoms with E-state index in [2.05, 4.69) is 17.6 Å². The molecule has 1 amide bonds. The number of carbonyl (C=O) groups excluding carboxylic acids is 1. The molecular formula is C11H22N2O2. The second-order valence-corrected chi connectivity index (χ2v) is 4.18. The number of rotatable bonds is 6. The van der Waals surface area contributed by atoms with Gasteiger partial charge in [-0.2, -0.15) is 0 Å². The molecule has 0 aromatic carbocycles. The predicted molar refractivity (Wildman–Crippen MR) is 59.5 cm³/mol. The smallest absolute Gasteiger partial charge is 0.237 e. The number of aliphatic hydroxyl groups is 1. The first-order valence-electron chi connectivity index (χ1n) is 5.89. The molecule has 1 unspecified atom stereocenters. The van der Waals surface area contributed by atoms with Crippen LogP contribution in [0.3, 0.4) is 0 Å². The van der Waals surface area contributed by atoms with Gasteiger partial charge >= 0.3 is 0 Å². The molecule has 1 rings (SSSR count). The lowest BCUT2D eigenvalue weighted by atomic mass is 10.0. The molecule has 0 bridgehead atoms. The number of hydrogen-bond donors (Lipinski definition) is 3. The molecule has 2 atom stereocenters. The van der Waals surface area contributed by atoms with Gasteiger partial charge in [-0.1, -0.05) is 13.3 Å². The Balaban J connectivity index is 2.19. The van der Waals surface area contributed by atoms with Gasteiger partial charge in [-0.3, -0.25) is 4.79 Å². The Bertz CT molecular complexity index is 191. The SMILES string of the molecule is CCC(CCO)CNC(=O)[C@H]1CCCN1. The number of amides is 1. The summed E-state index contributed by atoms with van der Waals surface area (Å²) in [6.07, 6.45) is 3.81. The molecule has 1 aliphatic rings. The summed E-state index contributed by atoms with van der Waals surface area (Å²) in [5.74, 6) is 0.518. The Morgan fingerprint density at radius 3 is 3.00 bits per heavy atom. The van der Waals surface area contributed by atoms with Gasteiger partial charge in [0.25, 0.3) is 0 Å². The molecule has 1 aliphatic heterocycles. The maximum atomic E-state index is 11.6. The summed E-state index contributed by atoms with van der Waals surface area (Å²) in [5, 5.41) is 14.9. The zero-order chi connectivity index (χ0) is 11.1. The quantitative estimate of drug-likeness (QED) is 0.594. The van der Waals surface area contributed by atoms with E-state index in [4.69, 9.17) is 5.11 Å². The summed E-state index contributed by atoms with van der Waals surface area (Å²) in [6, 6.07) is 0.0108. The molecule has 1 fully saturated rings. The second kappa shape index (κ2) is 6.80. The highest BCUT2D eigenvalue weighted by Gasteiger charge is 2.21. The van der Waals surface area contributed by atoms with Crippen LogP contribution in [-0.2, 0) is 4.79 Å². The molecule has 15 heavy (non-hydrogen) atoms. The molecule has 0 spiro atoms. The number of carbonyl (C=O) groups is 1. The summed E-state index contributed by atoms with van der Waals surface area (Å²) in [5.41, 5.74) is 0. The van der Waals surface area contributed by atoms with Crippen molar-refractivity contribution in [2.24, 2.45) is 5.92 Å². The van der Waals surface area contributed by atoms with E-state index < -0.39 is 0 Å². The van der Waals surface area contributed by atoms with Gasteiger partial charge in [0, 0.05) is 13.2 Å². The summed E-state index contributed by atoms with van der Waals surface area (Å²) < 4.78 is 0. The lowest BCUT2D eigenvalue weighted by molar-refractivity contribution is -0.123. The summed E-state index contributed by atoms with van der Waals surface area (Å²) in [4.78, 5) is 11.6. The first-order valence-corrected chi connectivity index (χ1v) is 5.89. The van der Waals surface area contributed by atoms with Crippen LogP contribution in [-0.4, -0.2) is 36.8 Å². The van der Waals surface area contributed by atoms with E-state index in [1.807, 2.05) is 0 Å². The van der Waals surface area contributed by atoms with Gasteiger partial charge in [0.15, 0.2) is 0 Å². The number of hydrogen-bond acceptors (Lipinski definition) is 3. The van der Waals surface area contributed by atoms with Crippen molar-refractivity contribution in [3.8, 4) is 0 Å². The van der Waals surface area contributed by atoms with E-state index in [9.17, 15) is 4.79 Å². The minimum atomic E-state index is 0.0108. The minimum absolute atomic E-state index is 0.0108. The van der Waals surface area contributed by atoms with Crippen molar-refractivity contribution in [2.45, 2.75) is 38.6 Å². The zero-order valence-corrected chi connectivity index (χ0v) is 9.46. The van der Waals surface area contributed by atoms with Crippen molar-refractivity contribution in [2.75, 3.05) is 19.7 Å². The summed E-state index contributed by atoms with van der Waals surface area (Å²) in [6.45, 7) is 3.93. The monoisotopic (exact) mass is 214 g/mol. The van der Waals surface area contributed by atoms with Crippen LogP contribution in [0.5, 0.6) is 0 Å². The fraction of sp³-hybridized carbons (Fsp3) is 0.909. The predicted octanol–water partition coefficient (Wildman–Crippen LogP) is 0.263. The molecule has 4 nitrogen and oxygen atoms in total. The molecule has 0 aliphatic carbocycles. The van der Waals surface area contributed by atoms with E-state index in [-0.39, 0.29) is 18.6 Å². The van der Waals surface area contributed by atoms with E-state index >= 15 is 0 Å². The van der Waals surface area contributed by atoms with Crippen molar-refractivity contribution in [1.82, 2.24) is 10.6 Å². The Labute approximate surface area is 91.4 Å². The summed E-state index contributed by atoms with van der Waals surface area (Å²) in [7, 11) is 0. The molecule has 88 valence electrons. The van der Waals surface area contributed by atoms with E-state index in [1.54, 1.807) is 0 Å². The van der Waals surface area contributed by atoms with Gasteiger partial charge in [-0.25, -0.2) is 0 Å². The molecular weight excluding hydrogens is 192 g/mol. The van der Waals surface area contributed by atoms with Gasteiger partial charge in [0.2, 0.25) is 5.91 Å². The van der Waals surface area contributed by atoms with Crippen LogP contribution in [0.25, 0.3) is 0 Å². The molecule has 0 saturated carbocycles. The number of aliphatic hydroxyl groups excluding tert-OH is 1. The maximum absolute atomic E-state index is 11.6. The lowest BCUT2D eigenvalue weighted by Crippen LogP contribution is -2.42. The van der Waals surface area contributed by atoms with Crippen molar-refractivity contribution < 1.29 is 9.90 Å². The molecule has 0 aromatic rings. The van der Waals surface area contributed by atoms with Crippen LogP contribution in [0.4, 0.5) is 0 Å². The highest BCUT2D eigenvalue weighted by molar-refractivity contribution is 5.81. The molecule has 1 saturated heterocycles. The normalized spacial score (nSPS) is 22.7. The Kier molecular flexibility index (Phi) is 5.65. The van der Waals surface area contributed by atoms with Crippen LogP contribution in [0.15, 0.2) is 0 Å². The van der Waals surface area contributed by atoms with Gasteiger partial charge in [-0.15, -0.1) is 0 Å². The maximum Gasteiger partial charge on any atom is 0.237 e. The Morgan fingerprint density at radius 1 is 1.67 bits per heavy atom. The fourth-order valence-electron chi connectivity index (χ4n) is 1.91. The van der Waals surface area contributed by atoms with E-state index in [0.717, 1.165) is 32.2 Å². The average molecular weight is 214 g/mol. The topological polar surface area (TPSA) is 61.4 Å². The molecule has 0 radical (unpaired) electrons. The Morgan fingerprint density at radius 2 is 2.47 bits per heavy atom. The first kappa shape index (κ1) is 12.5. The van der Waals surface area contributed by atoms with Gasteiger partial charge in [0.05, 0.1) is 6.04 Å². The first-order chi connectivity index (χ1) is 7.27. The third kappa shape index (κ3) is 4.18. The van der Waals surface area contributed by atoms with Gasteiger partial charge in [-0.05, 0) is 31.7 Å². The average Bonchev–Trinajstić information content (AvgIpc) is 2.77. The lowest BCUT2D eigenvalue weighted by Gasteiger charge is -2.16. The van der Waals surface area contributed by atoms with E-state index in [0.29, 0.717) is 12.5 Å². The van der Waals surface area contributed by atoms with Gasteiger partial charge in [0.1, 0.15) is 0 Å². The second-order valence-electron chi connectivity index (χ2n) is 4.18. The van der Waals surface area contributed by atoms with Gasteiger partial charge < -0.3 is 15.7 Å². The third-order valence-corrected chi connectivity index (χ3v) is 3.06. The fourth-order valence-corrected chi connectivity index (χ4v) is 1.91.